The average molecular weight is 297 g/mol. The summed E-state index contributed by atoms with van der Waals surface area (Å²) in [6, 6.07) is 4.06. The predicted molar refractivity (Wildman–Crippen MR) is 74.4 cm³/mol. The van der Waals surface area contributed by atoms with E-state index < -0.39 is 0 Å². The maximum Gasteiger partial charge on any atom is 0.326 e. The summed E-state index contributed by atoms with van der Waals surface area (Å²) in [5, 5.41) is 0. The zero-order valence-electron chi connectivity index (χ0n) is 10.6. The molecule has 0 bridgehead atoms. The number of hydrogen-bond donors (Lipinski definition) is 1. The topological polar surface area (TPSA) is 37.8 Å². The van der Waals surface area contributed by atoms with E-state index in [-0.39, 0.29) is 11.1 Å². The quantitative estimate of drug-likeness (QED) is 0.862. The summed E-state index contributed by atoms with van der Waals surface area (Å²) in [6.45, 7) is 6.59. The molecule has 0 aliphatic rings. The van der Waals surface area contributed by atoms with Gasteiger partial charge in [-0.2, -0.15) is 0 Å². The van der Waals surface area contributed by atoms with E-state index in [1.54, 1.807) is 11.6 Å². The SMILES string of the molecule is Cn1c(=O)[nH]c2c(CC(C)(C)C)cc(Br)cc21. The van der Waals surface area contributed by atoms with Crippen molar-refractivity contribution < 1.29 is 0 Å². The van der Waals surface area contributed by atoms with Crippen LogP contribution in [0.2, 0.25) is 0 Å². The van der Waals surface area contributed by atoms with Gasteiger partial charge in [0.25, 0.3) is 0 Å². The highest BCUT2D eigenvalue weighted by Gasteiger charge is 2.16. The van der Waals surface area contributed by atoms with Crippen molar-refractivity contribution in [3.63, 3.8) is 0 Å². The van der Waals surface area contributed by atoms with Gasteiger partial charge in [0, 0.05) is 11.5 Å². The number of aromatic nitrogens is 2. The van der Waals surface area contributed by atoms with Gasteiger partial charge >= 0.3 is 5.69 Å². The summed E-state index contributed by atoms with van der Waals surface area (Å²) in [6.07, 6.45) is 0.933. The van der Waals surface area contributed by atoms with Crippen molar-refractivity contribution in [1.82, 2.24) is 9.55 Å². The maximum absolute atomic E-state index is 11.7. The van der Waals surface area contributed by atoms with E-state index >= 15 is 0 Å². The van der Waals surface area contributed by atoms with E-state index in [9.17, 15) is 4.79 Å². The van der Waals surface area contributed by atoms with Gasteiger partial charge in [-0.3, -0.25) is 4.57 Å². The third kappa shape index (κ3) is 2.46. The van der Waals surface area contributed by atoms with Crippen LogP contribution >= 0.6 is 15.9 Å². The molecule has 0 radical (unpaired) electrons. The molecule has 1 aromatic heterocycles. The molecule has 0 amide bonds. The molecule has 1 aromatic carbocycles. The molecule has 0 atom stereocenters. The van der Waals surface area contributed by atoms with Gasteiger partial charge in [-0.25, -0.2) is 4.79 Å². The monoisotopic (exact) mass is 296 g/mol. The highest BCUT2D eigenvalue weighted by molar-refractivity contribution is 9.10. The van der Waals surface area contributed by atoms with Crippen molar-refractivity contribution in [2.45, 2.75) is 27.2 Å². The van der Waals surface area contributed by atoms with Gasteiger partial charge in [0.05, 0.1) is 11.0 Å². The fourth-order valence-electron chi connectivity index (χ4n) is 2.07. The highest BCUT2D eigenvalue weighted by Crippen LogP contribution is 2.28. The molecule has 3 nitrogen and oxygen atoms in total. The van der Waals surface area contributed by atoms with E-state index in [1.165, 1.54) is 5.56 Å². The molecule has 1 N–H and O–H groups in total. The Morgan fingerprint density at radius 3 is 2.59 bits per heavy atom. The first-order valence-corrected chi connectivity index (χ1v) is 6.44. The number of nitrogens with one attached hydrogen (secondary N) is 1. The smallest absolute Gasteiger partial charge is 0.305 e. The van der Waals surface area contributed by atoms with Crippen LogP contribution in [0.5, 0.6) is 0 Å². The van der Waals surface area contributed by atoms with Crippen molar-refractivity contribution in [2.24, 2.45) is 12.5 Å². The Morgan fingerprint density at radius 2 is 2.00 bits per heavy atom. The lowest BCUT2D eigenvalue weighted by Crippen LogP contribution is -2.11. The number of aromatic amines is 1. The Bertz CT molecular complexity index is 617. The Labute approximate surface area is 109 Å². The molecule has 2 rings (SSSR count). The molecule has 0 spiro atoms. The number of aryl methyl sites for hydroxylation is 1. The third-order valence-electron chi connectivity index (χ3n) is 2.78. The number of nitrogens with zero attached hydrogens (tertiary/aromatic N) is 1. The van der Waals surface area contributed by atoms with Gasteiger partial charge in [0.15, 0.2) is 0 Å². The molecule has 1 heterocycles. The molecule has 0 saturated heterocycles. The lowest BCUT2D eigenvalue weighted by atomic mass is 9.88. The van der Waals surface area contributed by atoms with Gasteiger partial charge in [0.2, 0.25) is 0 Å². The predicted octanol–water partition coefficient (Wildman–Crippen LogP) is 3.22. The minimum Gasteiger partial charge on any atom is -0.305 e. The van der Waals surface area contributed by atoms with Gasteiger partial charge in [0.1, 0.15) is 0 Å². The number of rotatable bonds is 1. The van der Waals surface area contributed by atoms with Crippen molar-refractivity contribution in [1.29, 1.82) is 0 Å². The Morgan fingerprint density at radius 1 is 1.35 bits per heavy atom. The molecule has 4 heteroatoms. The second kappa shape index (κ2) is 4.02. The Balaban J connectivity index is 2.70. The average Bonchev–Trinajstić information content (AvgIpc) is 2.43. The van der Waals surface area contributed by atoms with Crippen LogP contribution in [0.3, 0.4) is 0 Å². The summed E-state index contributed by atoms with van der Waals surface area (Å²) < 4.78 is 2.66. The van der Waals surface area contributed by atoms with Crippen LogP contribution in [-0.2, 0) is 13.5 Å². The minimum absolute atomic E-state index is 0.0618. The summed E-state index contributed by atoms with van der Waals surface area (Å²) in [4.78, 5) is 14.6. The second-order valence-corrected chi connectivity index (χ2v) is 6.60. The van der Waals surface area contributed by atoms with E-state index in [1.807, 2.05) is 6.07 Å². The van der Waals surface area contributed by atoms with Crippen molar-refractivity contribution >= 4 is 27.0 Å². The normalized spacial score (nSPS) is 12.3. The fourth-order valence-corrected chi connectivity index (χ4v) is 2.56. The van der Waals surface area contributed by atoms with Gasteiger partial charge in [-0.1, -0.05) is 36.7 Å². The van der Waals surface area contributed by atoms with Crippen molar-refractivity contribution in [2.75, 3.05) is 0 Å². The number of halogens is 1. The van der Waals surface area contributed by atoms with Crippen LogP contribution < -0.4 is 5.69 Å². The maximum atomic E-state index is 11.7. The first kappa shape index (κ1) is 12.4. The number of imidazole rings is 1. The number of benzene rings is 1. The summed E-state index contributed by atoms with van der Waals surface area (Å²) in [7, 11) is 1.79. The van der Waals surface area contributed by atoms with Gasteiger partial charge in [-0.15, -0.1) is 0 Å². The fraction of sp³-hybridized carbons (Fsp3) is 0.462. The lowest BCUT2D eigenvalue weighted by molar-refractivity contribution is 0.412. The molecule has 0 saturated carbocycles. The van der Waals surface area contributed by atoms with E-state index in [2.05, 4.69) is 47.8 Å². The Hall–Kier alpha value is -1.03. The molecular weight excluding hydrogens is 280 g/mol. The molecule has 0 aliphatic heterocycles. The van der Waals surface area contributed by atoms with Crippen LogP contribution in [0.4, 0.5) is 0 Å². The second-order valence-electron chi connectivity index (χ2n) is 5.69. The molecule has 92 valence electrons. The third-order valence-corrected chi connectivity index (χ3v) is 3.24. The minimum atomic E-state index is -0.0618. The van der Waals surface area contributed by atoms with Crippen molar-refractivity contribution in [3.05, 3.63) is 32.7 Å². The molecule has 0 unspecified atom stereocenters. The van der Waals surface area contributed by atoms with Gasteiger partial charge in [-0.05, 0) is 29.5 Å². The van der Waals surface area contributed by atoms with Crippen LogP contribution in [0.25, 0.3) is 11.0 Å². The molecule has 0 aliphatic carbocycles. The van der Waals surface area contributed by atoms with E-state index in [4.69, 9.17) is 0 Å². The van der Waals surface area contributed by atoms with Crippen LogP contribution in [0.15, 0.2) is 21.4 Å². The number of hydrogen-bond acceptors (Lipinski definition) is 1. The number of H-pyrrole nitrogens is 1. The van der Waals surface area contributed by atoms with Crippen molar-refractivity contribution in [3.8, 4) is 0 Å². The highest BCUT2D eigenvalue weighted by atomic mass is 79.9. The molecular formula is C13H17BrN2O. The molecule has 0 fully saturated rings. The summed E-state index contributed by atoms with van der Waals surface area (Å²) in [5.74, 6) is 0. The zero-order chi connectivity index (χ0) is 12.8. The first-order valence-electron chi connectivity index (χ1n) is 5.65. The summed E-state index contributed by atoms with van der Waals surface area (Å²) in [5.41, 5.74) is 3.22. The first-order chi connectivity index (χ1) is 7.78. The molecule has 17 heavy (non-hydrogen) atoms. The zero-order valence-corrected chi connectivity index (χ0v) is 12.2. The van der Waals surface area contributed by atoms with E-state index in [0.29, 0.717) is 0 Å². The largest absolute Gasteiger partial charge is 0.326 e. The van der Waals surface area contributed by atoms with Crippen LogP contribution in [0, 0.1) is 5.41 Å². The molecule has 2 aromatic rings. The summed E-state index contributed by atoms with van der Waals surface area (Å²) >= 11 is 3.50. The van der Waals surface area contributed by atoms with Gasteiger partial charge < -0.3 is 4.98 Å². The van der Waals surface area contributed by atoms with Crippen LogP contribution in [0.1, 0.15) is 26.3 Å². The lowest BCUT2D eigenvalue weighted by Gasteiger charge is -2.18. The number of fused-ring (bicyclic) bond motifs is 1. The van der Waals surface area contributed by atoms with E-state index in [0.717, 1.165) is 21.9 Å². The van der Waals surface area contributed by atoms with Crippen LogP contribution in [-0.4, -0.2) is 9.55 Å². The Kier molecular flexibility index (Phi) is 2.94. The standard InChI is InChI=1S/C13H17BrN2O/c1-13(2,3)7-8-5-9(14)6-10-11(8)15-12(17)16(10)4/h5-6H,7H2,1-4H3,(H,15,17).